The summed E-state index contributed by atoms with van der Waals surface area (Å²) in [4.78, 5) is 33.3. The highest BCUT2D eigenvalue weighted by molar-refractivity contribution is 7.13. The lowest BCUT2D eigenvalue weighted by Crippen LogP contribution is -2.17. The standard InChI is InChI=1S/C20H18ClFN4O3S/c1-10(2)29-12-4-5-18(24-8-12)26-19(27)13-6-16(14(21)7-15(13)22)25-20(28)17-9-23-11(3)30-17/h4-10H,1-3H3,(H,25,28)(H,24,26,27). The van der Waals surface area contributed by atoms with Crippen LogP contribution in [0.25, 0.3) is 0 Å². The average Bonchev–Trinajstić information content (AvgIpc) is 3.11. The highest BCUT2D eigenvalue weighted by atomic mass is 35.5. The Bertz CT molecular complexity index is 1090. The average molecular weight is 449 g/mol. The fourth-order valence-corrected chi connectivity index (χ4v) is 3.32. The summed E-state index contributed by atoms with van der Waals surface area (Å²) >= 11 is 7.24. The molecule has 0 saturated carbocycles. The molecule has 0 spiro atoms. The quantitative estimate of drug-likeness (QED) is 0.557. The molecule has 0 aliphatic heterocycles. The number of anilines is 2. The third-order valence-electron chi connectivity index (χ3n) is 3.74. The van der Waals surface area contributed by atoms with Crippen molar-refractivity contribution in [2.75, 3.05) is 10.6 Å². The van der Waals surface area contributed by atoms with Crippen molar-refractivity contribution >= 4 is 46.3 Å². The van der Waals surface area contributed by atoms with E-state index in [1.165, 1.54) is 35.9 Å². The van der Waals surface area contributed by atoms with Crippen molar-refractivity contribution in [2.24, 2.45) is 0 Å². The molecule has 0 bridgehead atoms. The molecule has 156 valence electrons. The molecule has 1 aromatic carbocycles. The van der Waals surface area contributed by atoms with Crippen molar-refractivity contribution in [1.82, 2.24) is 9.97 Å². The van der Waals surface area contributed by atoms with Crippen LogP contribution >= 0.6 is 22.9 Å². The number of nitrogens with zero attached hydrogens (tertiary/aromatic N) is 2. The molecule has 0 aliphatic carbocycles. The SMILES string of the molecule is Cc1ncc(C(=O)Nc2cc(C(=O)Nc3ccc(OC(C)C)cn3)c(F)cc2Cl)s1. The fraction of sp³-hybridized carbons (Fsp3) is 0.200. The molecular formula is C20H18ClFN4O3S. The summed E-state index contributed by atoms with van der Waals surface area (Å²) in [5.41, 5.74) is -0.188. The van der Waals surface area contributed by atoms with Crippen LogP contribution in [-0.2, 0) is 0 Å². The number of pyridine rings is 1. The second-order valence-electron chi connectivity index (χ2n) is 6.51. The van der Waals surface area contributed by atoms with Crippen LogP contribution in [-0.4, -0.2) is 27.9 Å². The molecule has 0 fully saturated rings. The number of nitrogens with one attached hydrogen (secondary N) is 2. The number of halogens is 2. The van der Waals surface area contributed by atoms with Crippen molar-refractivity contribution in [2.45, 2.75) is 26.9 Å². The minimum Gasteiger partial charge on any atom is -0.489 e. The molecule has 30 heavy (non-hydrogen) atoms. The van der Waals surface area contributed by atoms with E-state index in [-0.39, 0.29) is 28.2 Å². The van der Waals surface area contributed by atoms with Crippen molar-refractivity contribution in [3.05, 3.63) is 62.9 Å². The molecule has 0 saturated heterocycles. The third-order valence-corrected chi connectivity index (χ3v) is 4.97. The van der Waals surface area contributed by atoms with E-state index in [1.54, 1.807) is 13.0 Å². The Hall–Kier alpha value is -3.04. The van der Waals surface area contributed by atoms with Crippen molar-refractivity contribution in [3.8, 4) is 5.75 Å². The molecule has 2 heterocycles. The van der Waals surface area contributed by atoms with E-state index in [0.29, 0.717) is 10.6 Å². The van der Waals surface area contributed by atoms with Crippen LogP contribution in [0, 0.1) is 12.7 Å². The molecule has 0 atom stereocenters. The number of rotatable bonds is 6. The second kappa shape index (κ2) is 9.19. The lowest BCUT2D eigenvalue weighted by atomic mass is 10.1. The van der Waals surface area contributed by atoms with Gasteiger partial charge in [-0.2, -0.15) is 0 Å². The van der Waals surface area contributed by atoms with Gasteiger partial charge in [-0.15, -0.1) is 11.3 Å². The Morgan fingerprint density at radius 1 is 1.13 bits per heavy atom. The normalized spacial score (nSPS) is 10.7. The van der Waals surface area contributed by atoms with Gasteiger partial charge in [0.2, 0.25) is 0 Å². The number of thiazole rings is 1. The second-order valence-corrected chi connectivity index (χ2v) is 8.15. The van der Waals surface area contributed by atoms with Crippen molar-refractivity contribution in [1.29, 1.82) is 0 Å². The predicted molar refractivity (Wildman–Crippen MR) is 114 cm³/mol. The lowest BCUT2D eigenvalue weighted by Gasteiger charge is -2.11. The molecule has 0 radical (unpaired) electrons. The van der Waals surface area contributed by atoms with E-state index in [2.05, 4.69) is 20.6 Å². The molecule has 2 N–H and O–H groups in total. The molecule has 7 nitrogen and oxygen atoms in total. The maximum atomic E-state index is 14.3. The van der Waals surface area contributed by atoms with E-state index in [1.807, 2.05) is 13.8 Å². The van der Waals surface area contributed by atoms with Crippen LogP contribution in [0.15, 0.2) is 36.7 Å². The minimum absolute atomic E-state index is 0.0158. The van der Waals surface area contributed by atoms with Crippen molar-refractivity contribution in [3.63, 3.8) is 0 Å². The molecule has 2 amide bonds. The first kappa shape index (κ1) is 21.7. The lowest BCUT2D eigenvalue weighted by molar-refractivity contribution is 0.101. The largest absolute Gasteiger partial charge is 0.489 e. The number of amides is 2. The van der Waals surface area contributed by atoms with Gasteiger partial charge in [-0.05, 0) is 45.0 Å². The maximum absolute atomic E-state index is 14.3. The van der Waals surface area contributed by atoms with Gasteiger partial charge in [0.25, 0.3) is 11.8 Å². The van der Waals surface area contributed by atoms with Gasteiger partial charge in [0, 0.05) is 0 Å². The van der Waals surface area contributed by atoms with E-state index in [9.17, 15) is 14.0 Å². The number of aryl methyl sites for hydroxylation is 1. The topological polar surface area (TPSA) is 93.2 Å². The number of aromatic nitrogens is 2. The zero-order chi connectivity index (χ0) is 21.8. The zero-order valence-electron chi connectivity index (χ0n) is 16.3. The number of hydrogen-bond donors (Lipinski definition) is 2. The van der Waals surface area contributed by atoms with Crippen LogP contribution < -0.4 is 15.4 Å². The van der Waals surface area contributed by atoms with Gasteiger partial charge >= 0.3 is 0 Å². The summed E-state index contributed by atoms with van der Waals surface area (Å²) in [6.45, 7) is 5.53. The molecule has 3 rings (SSSR count). The molecule has 2 aromatic heterocycles. The number of carbonyl (C=O) groups excluding carboxylic acids is 2. The number of hydrogen-bond acceptors (Lipinski definition) is 6. The Balaban J connectivity index is 1.77. The highest BCUT2D eigenvalue weighted by Gasteiger charge is 2.18. The molecule has 0 aliphatic rings. The molecular weight excluding hydrogens is 431 g/mol. The maximum Gasteiger partial charge on any atom is 0.267 e. The van der Waals surface area contributed by atoms with E-state index in [4.69, 9.17) is 16.3 Å². The van der Waals surface area contributed by atoms with Gasteiger partial charge in [-0.3, -0.25) is 9.59 Å². The number of carbonyl (C=O) groups is 2. The van der Waals surface area contributed by atoms with Gasteiger partial charge in [0.05, 0.1) is 39.8 Å². The Kier molecular flexibility index (Phi) is 6.63. The van der Waals surface area contributed by atoms with Gasteiger partial charge in [0.15, 0.2) is 0 Å². The van der Waals surface area contributed by atoms with Crippen LogP contribution in [0.5, 0.6) is 5.75 Å². The zero-order valence-corrected chi connectivity index (χ0v) is 17.9. The summed E-state index contributed by atoms with van der Waals surface area (Å²) in [6.07, 6.45) is 2.87. The van der Waals surface area contributed by atoms with Gasteiger partial charge in [-0.1, -0.05) is 11.6 Å². The molecule has 0 unspecified atom stereocenters. The van der Waals surface area contributed by atoms with Crippen LogP contribution in [0.2, 0.25) is 5.02 Å². The van der Waals surface area contributed by atoms with Gasteiger partial charge < -0.3 is 15.4 Å². The Morgan fingerprint density at radius 3 is 2.50 bits per heavy atom. The van der Waals surface area contributed by atoms with Gasteiger partial charge in [0.1, 0.15) is 22.3 Å². The van der Waals surface area contributed by atoms with E-state index >= 15 is 0 Å². The molecule has 10 heteroatoms. The monoisotopic (exact) mass is 448 g/mol. The first-order chi connectivity index (χ1) is 14.2. The first-order valence-corrected chi connectivity index (χ1v) is 10.1. The van der Waals surface area contributed by atoms with E-state index in [0.717, 1.165) is 11.1 Å². The van der Waals surface area contributed by atoms with E-state index < -0.39 is 17.6 Å². The first-order valence-electron chi connectivity index (χ1n) is 8.90. The fourth-order valence-electron chi connectivity index (χ4n) is 2.45. The highest BCUT2D eigenvalue weighted by Crippen LogP contribution is 2.27. The predicted octanol–water partition coefficient (Wildman–Crippen LogP) is 4.93. The number of benzene rings is 1. The summed E-state index contributed by atoms with van der Waals surface area (Å²) in [7, 11) is 0. The summed E-state index contributed by atoms with van der Waals surface area (Å²) in [5.74, 6) is -1.26. The van der Waals surface area contributed by atoms with Crippen LogP contribution in [0.1, 0.15) is 38.9 Å². The Morgan fingerprint density at radius 2 is 1.90 bits per heavy atom. The molecule has 3 aromatic rings. The smallest absolute Gasteiger partial charge is 0.267 e. The summed E-state index contributed by atoms with van der Waals surface area (Å²) < 4.78 is 19.8. The van der Waals surface area contributed by atoms with Gasteiger partial charge in [-0.25, -0.2) is 14.4 Å². The summed E-state index contributed by atoms with van der Waals surface area (Å²) in [6, 6.07) is 5.33. The van der Waals surface area contributed by atoms with Crippen LogP contribution in [0.3, 0.4) is 0 Å². The van der Waals surface area contributed by atoms with Crippen LogP contribution in [0.4, 0.5) is 15.9 Å². The number of ether oxygens (including phenoxy) is 1. The van der Waals surface area contributed by atoms with Crippen molar-refractivity contribution < 1.29 is 18.7 Å². The minimum atomic E-state index is -0.830. The third kappa shape index (κ3) is 5.31. The Labute approximate surface area is 181 Å². The summed E-state index contributed by atoms with van der Waals surface area (Å²) in [5, 5.41) is 5.77.